The van der Waals surface area contributed by atoms with Crippen LogP contribution in [0.5, 0.6) is 0 Å². The molecule has 0 rings (SSSR count). The van der Waals surface area contributed by atoms with Gasteiger partial charge in [0.05, 0.1) is 0 Å². The maximum Gasteiger partial charge on any atom is 0.241 e. The van der Waals surface area contributed by atoms with Gasteiger partial charge in [0.15, 0.2) is 0 Å². The van der Waals surface area contributed by atoms with Gasteiger partial charge in [0, 0.05) is 0 Å². The van der Waals surface area contributed by atoms with E-state index in [0.717, 1.165) is 32.5 Å². The molecule has 3 heteroatoms. The third-order valence-electron chi connectivity index (χ3n) is 2.27. The molecule has 0 saturated carbocycles. The highest BCUT2D eigenvalue weighted by Gasteiger charge is 1.96. The average Bonchev–Trinajstić information content (AvgIpc) is 2.16. The van der Waals surface area contributed by atoms with Gasteiger partial charge in [0.25, 0.3) is 0 Å². The lowest BCUT2D eigenvalue weighted by Gasteiger charge is -2.17. The van der Waals surface area contributed by atoms with Crippen molar-refractivity contribution in [3.05, 3.63) is 12.2 Å². The van der Waals surface area contributed by atoms with E-state index in [4.69, 9.17) is 5.73 Å². The Hall–Kier alpha value is -0.830. The molecule has 0 fully saturated rings. The highest BCUT2D eigenvalue weighted by atomic mass is 16.1. The molecule has 1 amide bonds. The summed E-state index contributed by atoms with van der Waals surface area (Å²) < 4.78 is 0. The summed E-state index contributed by atoms with van der Waals surface area (Å²) in [6, 6.07) is 0. The smallest absolute Gasteiger partial charge is 0.241 e. The zero-order chi connectivity index (χ0) is 10.8. The molecule has 0 saturated heterocycles. The number of hydrogen-bond donors (Lipinski definition) is 1. The number of primary amides is 1. The van der Waals surface area contributed by atoms with Crippen LogP contribution < -0.4 is 5.73 Å². The Morgan fingerprint density at radius 2 is 1.93 bits per heavy atom. The van der Waals surface area contributed by atoms with Crippen molar-refractivity contribution >= 4 is 5.91 Å². The van der Waals surface area contributed by atoms with Gasteiger partial charge in [0.2, 0.25) is 5.91 Å². The summed E-state index contributed by atoms with van der Waals surface area (Å²) in [5.74, 6) is -0.353. The van der Waals surface area contributed by atoms with Crippen molar-refractivity contribution in [3.8, 4) is 0 Å². The topological polar surface area (TPSA) is 46.3 Å². The predicted octanol–water partition coefficient (Wildman–Crippen LogP) is 1.54. The summed E-state index contributed by atoms with van der Waals surface area (Å²) >= 11 is 0. The molecule has 0 aromatic carbocycles. The molecule has 82 valence electrons. The van der Waals surface area contributed by atoms with Crippen LogP contribution in [0.3, 0.4) is 0 Å². The molecule has 0 bridgehead atoms. The van der Waals surface area contributed by atoms with Crippen LogP contribution in [0.1, 0.15) is 33.1 Å². The van der Waals surface area contributed by atoms with Crippen molar-refractivity contribution in [1.29, 1.82) is 0 Å². The summed E-state index contributed by atoms with van der Waals surface area (Å²) in [5, 5.41) is 0. The molecule has 0 atom stereocenters. The monoisotopic (exact) mass is 198 g/mol. The van der Waals surface area contributed by atoms with Crippen LogP contribution in [-0.2, 0) is 4.79 Å². The Bertz CT molecular complexity index is 174. The predicted molar refractivity (Wildman–Crippen MR) is 60.0 cm³/mol. The first-order chi connectivity index (χ1) is 6.70. The van der Waals surface area contributed by atoms with Gasteiger partial charge < -0.3 is 10.6 Å². The molecule has 2 N–H and O–H groups in total. The minimum atomic E-state index is -0.353. The van der Waals surface area contributed by atoms with Crippen LogP contribution in [0.4, 0.5) is 0 Å². The molecule has 0 aliphatic rings. The van der Waals surface area contributed by atoms with Crippen molar-refractivity contribution in [2.45, 2.75) is 33.1 Å². The van der Waals surface area contributed by atoms with E-state index >= 15 is 0 Å². The number of rotatable bonds is 8. The van der Waals surface area contributed by atoms with Crippen molar-refractivity contribution in [1.82, 2.24) is 4.90 Å². The fourth-order valence-electron chi connectivity index (χ4n) is 1.34. The molecular weight excluding hydrogens is 176 g/mol. The summed E-state index contributed by atoms with van der Waals surface area (Å²) in [4.78, 5) is 12.8. The molecule has 0 aliphatic heterocycles. The summed E-state index contributed by atoms with van der Waals surface area (Å²) in [5.41, 5.74) is 4.96. The first-order valence-electron chi connectivity index (χ1n) is 5.39. The standard InChI is InChI=1S/C11H22N2O/c1-3-13(4-2)10-8-6-5-7-9-11(12)14/h7,9H,3-6,8,10H2,1-2H3,(H2,12,14). The lowest BCUT2D eigenvalue weighted by molar-refractivity contribution is -0.113. The molecule has 14 heavy (non-hydrogen) atoms. The van der Waals surface area contributed by atoms with Crippen LogP contribution >= 0.6 is 0 Å². The highest BCUT2D eigenvalue weighted by molar-refractivity contribution is 5.85. The Kier molecular flexibility index (Phi) is 8.24. The van der Waals surface area contributed by atoms with E-state index < -0.39 is 0 Å². The van der Waals surface area contributed by atoms with Gasteiger partial charge in [-0.1, -0.05) is 19.9 Å². The molecule has 0 spiro atoms. The van der Waals surface area contributed by atoms with E-state index in [9.17, 15) is 4.79 Å². The number of unbranched alkanes of at least 4 members (excludes halogenated alkanes) is 2. The second-order valence-corrected chi connectivity index (χ2v) is 3.33. The Labute approximate surface area is 87.0 Å². The van der Waals surface area contributed by atoms with Crippen molar-refractivity contribution in [2.75, 3.05) is 19.6 Å². The highest BCUT2D eigenvalue weighted by Crippen LogP contribution is 1.99. The van der Waals surface area contributed by atoms with E-state index in [2.05, 4.69) is 18.7 Å². The van der Waals surface area contributed by atoms with Crippen molar-refractivity contribution in [3.63, 3.8) is 0 Å². The maximum absolute atomic E-state index is 10.4. The SMILES string of the molecule is CCN(CC)CCCCC=CC(N)=O. The minimum Gasteiger partial charge on any atom is -0.366 e. The second-order valence-electron chi connectivity index (χ2n) is 3.33. The fourth-order valence-corrected chi connectivity index (χ4v) is 1.34. The van der Waals surface area contributed by atoms with Gasteiger partial charge in [-0.15, -0.1) is 0 Å². The molecule has 0 aromatic rings. The molecule has 0 radical (unpaired) electrons. The van der Waals surface area contributed by atoms with E-state index in [1.54, 1.807) is 0 Å². The molecule has 0 aliphatic carbocycles. The molecule has 0 aromatic heterocycles. The third-order valence-corrected chi connectivity index (χ3v) is 2.27. The zero-order valence-electron chi connectivity index (χ0n) is 9.33. The average molecular weight is 198 g/mol. The Morgan fingerprint density at radius 3 is 2.43 bits per heavy atom. The zero-order valence-corrected chi connectivity index (χ0v) is 9.33. The molecule has 3 nitrogen and oxygen atoms in total. The largest absolute Gasteiger partial charge is 0.366 e. The van der Waals surface area contributed by atoms with Gasteiger partial charge in [-0.3, -0.25) is 4.79 Å². The third kappa shape index (κ3) is 7.80. The summed E-state index contributed by atoms with van der Waals surface area (Å²) in [7, 11) is 0. The Balaban J connectivity index is 3.32. The number of carbonyl (C=O) groups excluding carboxylic acids is 1. The number of carbonyl (C=O) groups is 1. The van der Waals surface area contributed by atoms with Gasteiger partial charge in [0.1, 0.15) is 0 Å². The van der Waals surface area contributed by atoms with E-state index in [-0.39, 0.29) is 5.91 Å². The quantitative estimate of drug-likeness (QED) is 0.475. The van der Waals surface area contributed by atoms with Crippen LogP contribution in [0, 0.1) is 0 Å². The van der Waals surface area contributed by atoms with Crippen LogP contribution in [0.15, 0.2) is 12.2 Å². The van der Waals surface area contributed by atoms with Crippen molar-refractivity contribution < 1.29 is 4.79 Å². The molecule has 0 heterocycles. The van der Waals surface area contributed by atoms with Gasteiger partial charge >= 0.3 is 0 Å². The number of hydrogen-bond acceptors (Lipinski definition) is 2. The fraction of sp³-hybridized carbons (Fsp3) is 0.727. The lowest BCUT2D eigenvalue weighted by atomic mass is 10.2. The van der Waals surface area contributed by atoms with Gasteiger partial charge in [-0.25, -0.2) is 0 Å². The number of nitrogens with zero attached hydrogens (tertiary/aromatic N) is 1. The number of allylic oxidation sites excluding steroid dienone is 1. The van der Waals surface area contributed by atoms with E-state index in [1.807, 2.05) is 6.08 Å². The summed E-state index contributed by atoms with van der Waals surface area (Å²) in [6.07, 6.45) is 6.55. The van der Waals surface area contributed by atoms with Crippen LogP contribution in [-0.4, -0.2) is 30.4 Å². The van der Waals surface area contributed by atoms with Gasteiger partial charge in [-0.2, -0.15) is 0 Å². The van der Waals surface area contributed by atoms with Gasteiger partial charge in [-0.05, 0) is 45.0 Å². The van der Waals surface area contributed by atoms with Crippen LogP contribution in [0.2, 0.25) is 0 Å². The normalized spacial score (nSPS) is 11.4. The van der Waals surface area contributed by atoms with E-state index in [0.29, 0.717) is 0 Å². The molecular formula is C11H22N2O. The number of amides is 1. The van der Waals surface area contributed by atoms with Crippen LogP contribution in [0.25, 0.3) is 0 Å². The molecule has 0 unspecified atom stereocenters. The summed E-state index contributed by atoms with van der Waals surface area (Å²) in [6.45, 7) is 7.74. The van der Waals surface area contributed by atoms with Crippen molar-refractivity contribution in [2.24, 2.45) is 5.73 Å². The first kappa shape index (κ1) is 13.2. The maximum atomic E-state index is 10.4. The lowest BCUT2D eigenvalue weighted by Crippen LogP contribution is -2.23. The first-order valence-corrected chi connectivity index (χ1v) is 5.39. The minimum absolute atomic E-state index is 0.353. The van der Waals surface area contributed by atoms with E-state index in [1.165, 1.54) is 12.5 Å². The second kappa shape index (κ2) is 8.75. The number of nitrogens with two attached hydrogens (primary N) is 1. The Morgan fingerprint density at radius 1 is 1.29 bits per heavy atom.